The molecule has 4 rings (SSSR count). The number of piperidine rings is 1. The van der Waals surface area contributed by atoms with E-state index in [1.165, 1.54) is 16.9 Å². The van der Waals surface area contributed by atoms with Crippen molar-refractivity contribution in [3.05, 3.63) is 75.1 Å². The standard InChI is InChI=1S/C21H22N2OS2/c24-21(20-7-4-13-26-20)23(18-5-2-1-3-6-18)19-8-11-22(12-9-19)15-17-10-14-25-16-17/h1-7,10,13-14,16,19H,8-9,11-12,15H2. The molecule has 1 aliphatic heterocycles. The Morgan fingerprint density at radius 2 is 1.85 bits per heavy atom. The molecule has 0 aliphatic carbocycles. The van der Waals surface area contributed by atoms with Crippen LogP contribution in [0, 0.1) is 0 Å². The van der Waals surface area contributed by atoms with Gasteiger partial charge in [-0.05, 0) is 58.8 Å². The maximum atomic E-state index is 13.2. The summed E-state index contributed by atoms with van der Waals surface area (Å²) >= 11 is 3.28. The van der Waals surface area contributed by atoms with Gasteiger partial charge in [0.05, 0.1) is 4.88 Å². The first-order chi connectivity index (χ1) is 12.8. The van der Waals surface area contributed by atoms with Crippen molar-refractivity contribution in [2.45, 2.75) is 25.4 Å². The van der Waals surface area contributed by atoms with Crippen molar-refractivity contribution in [3.8, 4) is 0 Å². The highest BCUT2D eigenvalue weighted by Crippen LogP contribution is 2.27. The van der Waals surface area contributed by atoms with E-state index in [4.69, 9.17) is 0 Å². The van der Waals surface area contributed by atoms with Crippen LogP contribution in [0.4, 0.5) is 5.69 Å². The lowest BCUT2D eigenvalue weighted by atomic mass is 10.0. The van der Waals surface area contributed by atoms with Crippen LogP contribution in [0.2, 0.25) is 0 Å². The van der Waals surface area contributed by atoms with Gasteiger partial charge in [-0.25, -0.2) is 0 Å². The third-order valence-corrected chi connectivity index (χ3v) is 6.48. The van der Waals surface area contributed by atoms with E-state index in [1.807, 2.05) is 52.7 Å². The predicted octanol–water partition coefficient (Wildman–Crippen LogP) is 5.12. The Morgan fingerprint density at radius 1 is 1.04 bits per heavy atom. The molecule has 0 N–H and O–H groups in total. The third-order valence-electron chi connectivity index (χ3n) is 4.89. The second-order valence-electron chi connectivity index (χ2n) is 6.63. The van der Waals surface area contributed by atoms with Crippen LogP contribution < -0.4 is 4.90 Å². The van der Waals surface area contributed by atoms with Crippen LogP contribution >= 0.6 is 22.7 Å². The zero-order valence-electron chi connectivity index (χ0n) is 14.6. The summed E-state index contributed by atoms with van der Waals surface area (Å²) in [5.41, 5.74) is 2.39. The molecule has 5 heteroatoms. The molecule has 3 aromatic rings. The number of nitrogens with zero attached hydrogens (tertiary/aromatic N) is 2. The minimum Gasteiger partial charge on any atom is -0.305 e. The van der Waals surface area contributed by atoms with E-state index in [0.717, 1.165) is 43.0 Å². The van der Waals surface area contributed by atoms with Gasteiger partial charge in [-0.3, -0.25) is 9.69 Å². The number of amides is 1. The Morgan fingerprint density at radius 3 is 2.50 bits per heavy atom. The SMILES string of the molecule is O=C(c1cccs1)N(c1ccccc1)C1CCN(Cc2ccsc2)CC1. The van der Waals surface area contributed by atoms with Crippen LogP contribution in [-0.4, -0.2) is 29.9 Å². The van der Waals surface area contributed by atoms with Gasteiger partial charge >= 0.3 is 0 Å². The number of para-hydroxylation sites is 1. The molecule has 0 unspecified atom stereocenters. The maximum absolute atomic E-state index is 13.2. The molecule has 0 saturated carbocycles. The minimum atomic E-state index is 0.127. The number of likely N-dealkylation sites (tertiary alicyclic amines) is 1. The molecule has 0 radical (unpaired) electrons. The van der Waals surface area contributed by atoms with Crippen molar-refractivity contribution >= 4 is 34.3 Å². The minimum absolute atomic E-state index is 0.127. The average molecular weight is 383 g/mol. The first-order valence-corrected chi connectivity index (χ1v) is 10.8. The average Bonchev–Trinajstić information content (AvgIpc) is 3.38. The van der Waals surface area contributed by atoms with Crippen LogP contribution in [0.5, 0.6) is 0 Å². The lowest BCUT2D eigenvalue weighted by molar-refractivity contribution is 0.0962. The molecule has 26 heavy (non-hydrogen) atoms. The number of rotatable bonds is 5. The number of hydrogen-bond donors (Lipinski definition) is 0. The van der Waals surface area contributed by atoms with E-state index in [-0.39, 0.29) is 11.9 Å². The first-order valence-electron chi connectivity index (χ1n) is 8.97. The summed E-state index contributed by atoms with van der Waals surface area (Å²) < 4.78 is 0. The number of carbonyl (C=O) groups excluding carboxylic acids is 1. The van der Waals surface area contributed by atoms with Gasteiger partial charge in [0.25, 0.3) is 5.91 Å². The van der Waals surface area contributed by atoms with Crippen molar-refractivity contribution in [2.75, 3.05) is 18.0 Å². The topological polar surface area (TPSA) is 23.6 Å². The van der Waals surface area contributed by atoms with Crippen molar-refractivity contribution in [1.82, 2.24) is 4.90 Å². The van der Waals surface area contributed by atoms with E-state index in [1.54, 1.807) is 11.3 Å². The number of anilines is 1. The zero-order valence-corrected chi connectivity index (χ0v) is 16.2. The fraction of sp³-hybridized carbons (Fsp3) is 0.286. The van der Waals surface area contributed by atoms with Gasteiger partial charge in [0.2, 0.25) is 0 Å². The molecule has 1 amide bonds. The van der Waals surface area contributed by atoms with Crippen LogP contribution in [0.25, 0.3) is 0 Å². The summed E-state index contributed by atoms with van der Waals surface area (Å²) in [6.07, 6.45) is 2.02. The molecule has 0 atom stereocenters. The lowest BCUT2D eigenvalue weighted by Gasteiger charge is -2.38. The fourth-order valence-corrected chi connectivity index (χ4v) is 4.90. The first kappa shape index (κ1) is 17.5. The van der Waals surface area contributed by atoms with E-state index in [9.17, 15) is 4.79 Å². The summed E-state index contributed by atoms with van der Waals surface area (Å²) in [4.78, 5) is 18.5. The van der Waals surface area contributed by atoms with Gasteiger partial charge in [0.15, 0.2) is 0 Å². The van der Waals surface area contributed by atoms with E-state index in [0.29, 0.717) is 0 Å². The Kier molecular flexibility index (Phi) is 5.48. The normalized spacial score (nSPS) is 15.8. The van der Waals surface area contributed by atoms with Crippen LogP contribution in [0.3, 0.4) is 0 Å². The summed E-state index contributed by atoms with van der Waals surface area (Å²) in [6, 6.07) is 16.4. The molecule has 2 aromatic heterocycles. The molecule has 0 bridgehead atoms. The molecule has 0 spiro atoms. The number of thiophene rings is 2. The Bertz CT molecular complexity index is 807. The molecule has 1 aromatic carbocycles. The summed E-state index contributed by atoms with van der Waals surface area (Å²) in [6.45, 7) is 3.07. The van der Waals surface area contributed by atoms with Gasteiger partial charge < -0.3 is 4.90 Å². The monoisotopic (exact) mass is 382 g/mol. The van der Waals surface area contributed by atoms with Gasteiger partial charge in [0, 0.05) is 31.4 Å². The van der Waals surface area contributed by atoms with Crippen molar-refractivity contribution in [3.63, 3.8) is 0 Å². The third kappa shape index (κ3) is 3.90. The molecule has 134 valence electrons. The Labute approximate surface area is 162 Å². The predicted molar refractivity (Wildman–Crippen MR) is 110 cm³/mol. The smallest absolute Gasteiger partial charge is 0.268 e. The maximum Gasteiger partial charge on any atom is 0.268 e. The fourth-order valence-electron chi connectivity index (χ4n) is 3.58. The number of carbonyl (C=O) groups is 1. The zero-order chi connectivity index (χ0) is 17.8. The summed E-state index contributed by atoms with van der Waals surface area (Å²) in [5.74, 6) is 0.127. The van der Waals surface area contributed by atoms with Gasteiger partial charge in [-0.1, -0.05) is 24.3 Å². The van der Waals surface area contributed by atoms with Crippen molar-refractivity contribution < 1.29 is 4.79 Å². The Balaban J connectivity index is 1.49. The second-order valence-corrected chi connectivity index (χ2v) is 8.35. The van der Waals surface area contributed by atoms with Crippen molar-refractivity contribution in [2.24, 2.45) is 0 Å². The molecular weight excluding hydrogens is 360 g/mol. The van der Waals surface area contributed by atoms with Gasteiger partial charge in [0.1, 0.15) is 0 Å². The lowest BCUT2D eigenvalue weighted by Crippen LogP contribution is -2.47. The van der Waals surface area contributed by atoms with E-state index < -0.39 is 0 Å². The quantitative estimate of drug-likeness (QED) is 0.611. The highest BCUT2D eigenvalue weighted by molar-refractivity contribution is 7.12. The van der Waals surface area contributed by atoms with Crippen LogP contribution in [0.1, 0.15) is 28.1 Å². The molecule has 3 nitrogen and oxygen atoms in total. The molecule has 1 fully saturated rings. The highest BCUT2D eigenvalue weighted by atomic mass is 32.1. The molecule has 1 aliphatic rings. The Hall–Kier alpha value is -1.95. The number of hydrogen-bond acceptors (Lipinski definition) is 4. The van der Waals surface area contributed by atoms with Gasteiger partial charge in [-0.15, -0.1) is 11.3 Å². The molecule has 1 saturated heterocycles. The van der Waals surface area contributed by atoms with E-state index >= 15 is 0 Å². The van der Waals surface area contributed by atoms with E-state index in [2.05, 4.69) is 21.7 Å². The van der Waals surface area contributed by atoms with Crippen molar-refractivity contribution in [1.29, 1.82) is 0 Å². The summed E-state index contributed by atoms with van der Waals surface area (Å²) in [7, 11) is 0. The highest BCUT2D eigenvalue weighted by Gasteiger charge is 2.30. The second kappa shape index (κ2) is 8.16. The molecular formula is C21H22N2OS2. The summed E-state index contributed by atoms with van der Waals surface area (Å²) in [5, 5.41) is 6.33. The van der Waals surface area contributed by atoms with Crippen LogP contribution in [0.15, 0.2) is 64.7 Å². The van der Waals surface area contributed by atoms with Gasteiger partial charge in [-0.2, -0.15) is 11.3 Å². The largest absolute Gasteiger partial charge is 0.305 e. The van der Waals surface area contributed by atoms with Crippen LogP contribution in [-0.2, 0) is 6.54 Å². The number of benzene rings is 1. The molecule has 3 heterocycles.